The van der Waals surface area contributed by atoms with Crippen LogP contribution in [0, 0.1) is 0 Å². The molecule has 38 heavy (non-hydrogen) atoms. The number of thioether (sulfide) groups is 1. The second kappa shape index (κ2) is 12.5. The molecule has 0 bridgehead atoms. The third-order valence-corrected chi connectivity index (χ3v) is 7.15. The fraction of sp³-hybridized carbons (Fsp3) is 0.107. The van der Waals surface area contributed by atoms with Gasteiger partial charge in [0.25, 0.3) is 5.91 Å². The van der Waals surface area contributed by atoms with Crippen LogP contribution in [0.4, 0.5) is 0 Å². The number of aliphatic hydroxyl groups is 1. The third kappa shape index (κ3) is 6.60. The molecular weight excluding hydrogens is 569 g/mol. The summed E-state index contributed by atoms with van der Waals surface area (Å²) in [5.74, 6) is -1.22. The van der Waals surface area contributed by atoms with Gasteiger partial charge in [-0.05, 0) is 55.0 Å². The fourth-order valence-electron chi connectivity index (χ4n) is 3.40. The average molecular weight is 589 g/mol. The highest BCUT2D eigenvalue weighted by atomic mass is 35.5. The second-order valence-corrected chi connectivity index (χ2v) is 10.1. The molecule has 10 heteroatoms. The first-order valence-corrected chi connectivity index (χ1v) is 13.3. The first-order valence-electron chi connectivity index (χ1n) is 11.3. The van der Waals surface area contributed by atoms with E-state index in [1.165, 1.54) is 0 Å². The van der Waals surface area contributed by atoms with Gasteiger partial charge in [-0.15, -0.1) is 0 Å². The quantitative estimate of drug-likeness (QED) is 0.282. The monoisotopic (exact) mass is 587 g/mol. The number of nitrogens with zero attached hydrogens (tertiary/aromatic N) is 1. The Kier molecular flexibility index (Phi) is 9.17. The summed E-state index contributed by atoms with van der Waals surface area (Å²) in [6, 6.07) is 18.6. The topological polar surface area (TPSA) is 85.2 Å². The molecular formula is C28H20Cl3NO5S. The zero-order valence-electron chi connectivity index (χ0n) is 19.9. The van der Waals surface area contributed by atoms with Crippen LogP contribution in [0.5, 0.6) is 5.75 Å². The van der Waals surface area contributed by atoms with Gasteiger partial charge < -0.3 is 14.6 Å². The number of carbonyl (C=O) groups is 2. The van der Waals surface area contributed by atoms with Crippen LogP contribution in [-0.4, -0.2) is 28.6 Å². The maximum absolute atomic E-state index is 12.7. The Morgan fingerprint density at radius 2 is 1.76 bits per heavy atom. The molecule has 1 heterocycles. The van der Waals surface area contributed by atoms with Crippen LogP contribution < -0.4 is 4.74 Å². The van der Waals surface area contributed by atoms with Gasteiger partial charge in [-0.2, -0.15) is 0 Å². The smallest absolute Gasteiger partial charge is 0.344 e. The van der Waals surface area contributed by atoms with E-state index in [-0.39, 0.29) is 29.6 Å². The zero-order chi connectivity index (χ0) is 27.2. The number of benzene rings is 3. The number of ether oxygens (including phenoxy) is 2. The third-order valence-electron chi connectivity index (χ3n) is 5.25. The van der Waals surface area contributed by atoms with Gasteiger partial charge in [-0.1, -0.05) is 76.9 Å². The van der Waals surface area contributed by atoms with Crippen LogP contribution in [-0.2, 0) is 16.1 Å². The molecule has 0 aliphatic carbocycles. The number of aliphatic hydroxyl groups excluding tert-OH is 1. The molecule has 4 rings (SSSR count). The van der Waals surface area contributed by atoms with E-state index < -0.39 is 11.9 Å². The summed E-state index contributed by atoms with van der Waals surface area (Å²) in [5, 5.41) is 12.2. The molecule has 0 spiro atoms. The molecule has 1 amide bonds. The Hall–Kier alpha value is -3.23. The van der Waals surface area contributed by atoms with Crippen molar-refractivity contribution in [1.82, 2.24) is 0 Å². The Balaban J connectivity index is 1.58. The van der Waals surface area contributed by atoms with Crippen molar-refractivity contribution in [3.8, 4) is 5.75 Å². The maximum Gasteiger partial charge on any atom is 0.344 e. The summed E-state index contributed by atoms with van der Waals surface area (Å²) in [6.07, 6.45) is 1.63. The van der Waals surface area contributed by atoms with E-state index in [2.05, 4.69) is 4.99 Å². The van der Waals surface area contributed by atoms with E-state index in [9.17, 15) is 14.7 Å². The number of amides is 1. The van der Waals surface area contributed by atoms with Crippen LogP contribution in [0.15, 0.2) is 88.0 Å². The number of halogens is 3. The number of carbonyl (C=O) groups excluding carboxylic acids is 2. The van der Waals surface area contributed by atoms with Crippen molar-refractivity contribution in [1.29, 1.82) is 0 Å². The predicted octanol–water partition coefficient (Wildman–Crippen LogP) is 7.93. The summed E-state index contributed by atoms with van der Waals surface area (Å²) < 4.78 is 10.9. The van der Waals surface area contributed by atoms with Crippen LogP contribution in [0.2, 0.25) is 15.1 Å². The van der Waals surface area contributed by atoms with Crippen LogP contribution >= 0.6 is 46.6 Å². The van der Waals surface area contributed by atoms with Crippen LogP contribution in [0.25, 0.3) is 6.08 Å². The highest BCUT2D eigenvalue weighted by molar-refractivity contribution is 8.18. The highest BCUT2D eigenvalue weighted by Crippen LogP contribution is 2.40. The standard InChI is InChI=1S/C28H20Cl3NO5S/c1-2-36-28(35)24-25(33)23(38-27(24)32-26(34)17-6-4-3-5-7-17)13-16-8-11-22(21(31)12-16)37-15-18-9-10-19(29)14-20(18)30/h3-14,33H,2,15H2,1H3. The number of aliphatic imine (C=N–C) groups is 1. The molecule has 6 nitrogen and oxygen atoms in total. The first-order chi connectivity index (χ1) is 18.3. The van der Waals surface area contributed by atoms with Gasteiger partial charge >= 0.3 is 5.97 Å². The van der Waals surface area contributed by atoms with Gasteiger partial charge in [-0.3, -0.25) is 4.79 Å². The molecule has 0 radical (unpaired) electrons. The molecule has 0 aromatic heterocycles. The lowest BCUT2D eigenvalue weighted by molar-refractivity contribution is -0.138. The van der Waals surface area contributed by atoms with Crippen molar-refractivity contribution in [2.24, 2.45) is 4.99 Å². The molecule has 0 atom stereocenters. The Labute approximate surface area is 238 Å². The second-order valence-electron chi connectivity index (χ2n) is 7.86. The molecule has 0 unspecified atom stereocenters. The summed E-state index contributed by atoms with van der Waals surface area (Å²) in [7, 11) is 0. The molecule has 1 N–H and O–H groups in total. The largest absolute Gasteiger partial charge is 0.506 e. The number of hydrogen-bond donors (Lipinski definition) is 1. The SMILES string of the molecule is CCOC(=O)C1=C(O)C(=Cc2ccc(OCc3ccc(Cl)cc3Cl)c(Cl)c2)SC1=NC(=O)c1ccccc1. The highest BCUT2D eigenvalue weighted by Gasteiger charge is 2.34. The van der Waals surface area contributed by atoms with Gasteiger partial charge in [-0.25, -0.2) is 9.79 Å². The molecule has 0 saturated heterocycles. The lowest BCUT2D eigenvalue weighted by atomic mass is 10.1. The molecule has 0 fully saturated rings. The van der Waals surface area contributed by atoms with Crippen molar-refractivity contribution in [2.45, 2.75) is 13.5 Å². The van der Waals surface area contributed by atoms with E-state index in [1.54, 1.807) is 79.7 Å². The van der Waals surface area contributed by atoms with Crippen molar-refractivity contribution in [2.75, 3.05) is 6.61 Å². The minimum Gasteiger partial charge on any atom is -0.506 e. The van der Waals surface area contributed by atoms with Crippen molar-refractivity contribution >= 4 is 69.6 Å². The van der Waals surface area contributed by atoms with Crippen LogP contribution in [0.1, 0.15) is 28.4 Å². The molecule has 194 valence electrons. The van der Waals surface area contributed by atoms with E-state index in [1.807, 2.05) is 0 Å². The first kappa shape index (κ1) is 27.8. The molecule has 1 aliphatic rings. The summed E-state index contributed by atoms with van der Waals surface area (Å²) in [6.45, 7) is 1.93. The van der Waals surface area contributed by atoms with Crippen LogP contribution in [0.3, 0.4) is 0 Å². The van der Waals surface area contributed by atoms with Gasteiger partial charge in [0.15, 0.2) is 0 Å². The Bertz CT molecular complexity index is 1490. The van der Waals surface area contributed by atoms with Crippen molar-refractivity contribution in [3.63, 3.8) is 0 Å². The van der Waals surface area contributed by atoms with E-state index >= 15 is 0 Å². The zero-order valence-corrected chi connectivity index (χ0v) is 23.0. The summed E-state index contributed by atoms with van der Waals surface area (Å²) >= 11 is 19.6. The number of rotatable bonds is 7. The molecule has 1 aliphatic heterocycles. The van der Waals surface area contributed by atoms with Crippen molar-refractivity contribution < 1.29 is 24.2 Å². The summed E-state index contributed by atoms with van der Waals surface area (Å²) in [5.41, 5.74) is 1.56. The van der Waals surface area contributed by atoms with Gasteiger partial charge in [0.1, 0.15) is 28.7 Å². The maximum atomic E-state index is 12.7. The lowest BCUT2D eigenvalue weighted by Gasteiger charge is -2.10. The fourth-order valence-corrected chi connectivity index (χ4v) is 5.12. The van der Waals surface area contributed by atoms with Gasteiger partial charge in [0.2, 0.25) is 0 Å². The predicted molar refractivity (Wildman–Crippen MR) is 152 cm³/mol. The van der Waals surface area contributed by atoms with Crippen molar-refractivity contribution in [3.05, 3.63) is 115 Å². The van der Waals surface area contributed by atoms with E-state index in [0.29, 0.717) is 36.8 Å². The Morgan fingerprint density at radius 3 is 2.45 bits per heavy atom. The number of hydrogen-bond acceptors (Lipinski definition) is 6. The minimum atomic E-state index is -0.775. The molecule has 3 aromatic rings. The van der Waals surface area contributed by atoms with E-state index in [0.717, 1.165) is 17.3 Å². The molecule has 3 aromatic carbocycles. The normalized spacial score (nSPS) is 15.3. The number of esters is 1. The lowest BCUT2D eigenvalue weighted by Crippen LogP contribution is -2.14. The summed E-state index contributed by atoms with van der Waals surface area (Å²) in [4.78, 5) is 29.6. The van der Waals surface area contributed by atoms with Gasteiger partial charge in [0.05, 0.1) is 16.5 Å². The average Bonchev–Trinajstić information content (AvgIpc) is 3.19. The van der Waals surface area contributed by atoms with E-state index in [4.69, 9.17) is 44.3 Å². The minimum absolute atomic E-state index is 0.0481. The van der Waals surface area contributed by atoms with Gasteiger partial charge in [0, 0.05) is 21.2 Å². The molecule has 0 saturated carbocycles. The Morgan fingerprint density at radius 1 is 1.00 bits per heavy atom.